The fraction of sp³-hybridized carbons (Fsp3) is 0.316. The van der Waals surface area contributed by atoms with E-state index >= 15 is 0 Å². The molecule has 7 heteroatoms. The van der Waals surface area contributed by atoms with Crippen LogP contribution in [-0.2, 0) is 14.8 Å². The van der Waals surface area contributed by atoms with Crippen molar-refractivity contribution in [2.24, 2.45) is 0 Å². The summed E-state index contributed by atoms with van der Waals surface area (Å²) in [6.45, 7) is 3.76. The number of nitrogens with zero attached hydrogens (tertiary/aromatic N) is 1. The maximum atomic E-state index is 12.6. The molecule has 26 heavy (non-hydrogen) atoms. The average molecular weight is 373 g/mol. The Morgan fingerprint density at radius 2 is 1.73 bits per heavy atom. The maximum absolute atomic E-state index is 12.6. The molecule has 2 aromatic rings. The van der Waals surface area contributed by atoms with Crippen molar-refractivity contribution in [1.29, 1.82) is 0 Å². The molecule has 1 aliphatic rings. The number of hydrogen-bond donors (Lipinski definition) is 2. The van der Waals surface area contributed by atoms with E-state index in [2.05, 4.69) is 14.9 Å². The molecule has 138 valence electrons. The maximum Gasteiger partial charge on any atom is 0.261 e. The van der Waals surface area contributed by atoms with Gasteiger partial charge in [0, 0.05) is 30.9 Å². The summed E-state index contributed by atoms with van der Waals surface area (Å²) in [5.74, 6) is -0.113. The molecular weight excluding hydrogens is 350 g/mol. The highest BCUT2D eigenvalue weighted by Gasteiger charge is 2.16. The van der Waals surface area contributed by atoms with Crippen molar-refractivity contribution in [3.63, 3.8) is 0 Å². The number of sulfonamides is 1. The van der Waals surface area contributed by atoms with Crippen LogP contribution in [0.4, 0.5) is 17.1 Å². The monoisotopic (exact) mass is 373 g/mol. The van der Waals surface area contributed by atoms with Crippen LogP contribution in [0.5, 0.6) is 0 Å². The van der Waals surface area contributed by atoms with Gasteiger partial charge >= 0.3 is 0 Å². The highest BCUT2D eigenvalue weighted by Crippen LogP contribution is 2.25. The van der Waals surface area contributed by atoms with E-state index in [-0.39, 0.29) is 10.8 Å². The number of carbonyl (C=O) groups excluding carboxylic acids is 1. The first-order chi connectivity index (χ1) is 12.5. The third-order valence-electron chi connectivity index (χ3n) is 4.34. The highest BCUT2D eigenvalue weighted by atomic mass is 32.2. The standard InChI is InChI=1S/C19H23N3O3S/c1-2-19(23)20-15-8-10-18(11-9-15)26(24,25)21-16-6-5-7-17(14-16)22-12-3-4-13-22/h5-11,14,21H,2-4,12-13H2,1H3,(H,20,23). The molecule has 1 aliphatic heterocycles. The molecule has 0 aromatic heterocycles. The van der Waals surface area contributed by atoms with Gasteiger partial charge in [-0.2, -0.15) is 0 Å². The minimum absolute atomic E-state index is 0.113. The van der Waals surface area contributed by atoms with Crippen molar-refractivity contribution in [3.8, 4) is 0 Å². The Morgan fingerprint density at radius 3 is 2.38 bits per heavy atom. The smallest absolute Gasteiger partial charge is 0.261 e. The Balaban J connectivity index is 1.74. The lowest BCUT2D eigenvalue weighted by Gasteiger charge is -2.18. The number of nitrogens with one attached hydrogen (secondary N) is 2. The molecule has 0 radical (unpaired) electrons. The van der Waals surface area contributed by atoms with Crippen molar-refractivity contribution in [2.45, 2.75) is 31.1 Å². The molecule has 2 aromatic carbocycles. The largest absolute Gasteiger partial charge is 0.371 e. The molecular formula is C19H23N3O3S. The Morgan fingerprint density at radius 1 is 1.04 bits per heavy atom. The summed E-state index contributed by atoms with van der Waals surface area (Å²) in [7, 11) is -3.69. The summed E-state index contributed by atoms with van der Waals surface area (Å²) < 4.78 is 27.9. The number of anilines is 3. The van der Waals surface area contributed by atoms with E-state index in [9.17, 15) is 13.2 Å². The molecule has 0 unspecified atom stereocenters. The first-order valence-electron chi connectivity index (χ1n) is 8.76. The zero-order valence-electron chi connectivity index (χ0n) is 14.7. The minimum Gasteiger partial charge on any atom is -0.371 e. The van der Waals surface area contributed by atoms with Gasteiger partial charge in [-0.05, 0) is 55.3 Å². The summed E-state index contributed by atoms with van der Waals surface area (Å²) in [5.41, 5.74) is 2.14. The van der Waals surface area contributed by atoms with Gasteiger partial charge < -0.3 is 10.2 Å². The van der Waals surface area contributed by atoms with Crippen molar-refractivity contribution < 1.29 is 13.2 Å². The fourth-order valence-electron chi connectivity index (χ4n) is 2.92. The van der Waals surface area contributed by atoms with Crippen molar-refractivity contribution in [2.75, 3.05) is 28.0 Å². The van der Waals surface area contributed by atoms with E-state index in [1.165, 1.54) is 12.1 Å². The molecule has 0 bridgehead atoms. The van der Waals surface area contributed by atoms with Gasteiger partial charge in [0.05, 0.1) is 10.6 Å². The van der Waals surface area contributed by atoms with Crippen LogP contribution in [-0.4, -0.2) is 27.4 Å². The van der Waals surface area contributed by atoms with Crippen LogP contribution in [0.25, 0.3) is 0 Å². The van der Waals surface area contributed by atoms with Gasteiger partial charge in [0.1, 0.15) is 0 Å². The van der Waals surface area contributed by atoms with Gasteiger partial charge in [-0.3, -0.25) is 9.52 Å². The second-order valence-electron chi connectivity index (χ2n) is 6.28. The Kier molecular flexibility index (Phi) is 5.46. The molecule has 1 amide bonds. The fourth-order valence-corrected chi connectivity index (χ4v) is 3.97. The molecule has 6 nitrogen and oxygen atoms in total. The normalized spacial score (nSPS) is 14.3. The van der Waals surface area contributed by atoms with E-state index in [1.54, 1.807) is 25.1 Å². The quantitative estimate of drug-likeness (QED) is 0.813. The average Bonchev–Trinajstić information content (AvgIpc) is 3.16. The van der Waals surface area contributed by atoms with Crippen LogP contribution in [0.3, 0.4) is 0 Å². The lowest BCUT2D eigenvalue weighted by molar-refractivity contribution is -0.115. The van der Waals surface area contributed by atoms with Gasteiger partial charge in [-0.1, -0.05) is 13.0 Å². The highest BCUT2D eigenvalue weighted by molar-refractivity contribution is 7.92. The van der Waals surface area contributed by atoms with Crippen LogP contribution in [0.1, 0.15) is 26.2 Å². The van der Waals surface area contributed by atoms with Gasteiger partial charge in [0.15, 0.2) is 0 Å². The summed E-state index contributed by atoms with van der Waals surface area (Å²) in [6, 6.07) is 13.6. The Hall–Kier alpha value is -2.54. The molecule has 0 aliphatic carbocycles. The van der Waals surface area contributed by atoms with Gasteiger partial charge in [-0.25, -0.2) is 8.42 Å². The van der Waals surface area contributed by atoms with Gasteiger partial charge in [0.2, 0.25) is 5.91 Å². The third kappa shape index (κ3) is 4.35. The van der Waals surface area contributed by atoms with Crippen molar-refractivity contribution >= 4 is 33.0 Å². The first kappa shape index (κ1) is 18.3. The predicted octanol–water partition coefficient (Wildman–Crippen LogP) is 3.44. The Labute approximate surface area is 154 Å². The van der Waals surface area contributed by atoms with Crippen molar-refractivity contribution in [1.82, 2.24) is 0 Å². The number of amides is 1. The minimum atomic E-state index is -3.69. The van der Waals surface area contributed by atoms with E-state index in [0.29, 0.717) is 17.8 Å². The second kappa shape index (κ2) is 7.78. The number of benzene rings is 2. The number of rotatable bonds is 6. The molecule has 0 saturated carbocycles. The number of carbonyl (C=O) groups is 1. The van der Waals surface area contributed by atoms with Gasteiger partial charge in [-0.15, -0.1) is 0 Å². The molecule has 2 N–H and O–H groups in total. The third-order valence-corrected chi connectivity index (χ3v) is 5.74. The number of hydrogen-bond acceptors (Lipinski definition) is 4. The molecule has 0 atom stereocenters. The van der Waals surface area contributed by atoms with E-state index in [0.717, 1.165) is 31.6 Å². The zero-order valence-corrected chi connectivity index (χ0v) is 15.6. The van der Waals surface area contributed by atoms with E-state index in [1.807, 2.05) is 18.2 Å². The van der Waals surface area contributed by atoms with Crippen LogP contribution in [0.15, 0.2) is 53.4 Å². The zero-order chi connectivity index (χ0) is 18.6. The van der Waals surface area contributed by atoms with Crippen LogP contribution < -0.4 is 14.9 Å². The molecule has 1 saturated heterocycles. The molecule has 0 spiro atoms. The molecule has 1 heterocycles. The lowest BCUT2D eigenvalue weighted by Crippen LogP contribution is -2.18. The Bertz CT molecular complexity index is 873. The summed E-state index contributed by atoms with van der Waals surface area (Å²) in [4.78, 5) is 13.8. The summed E-state index contributed by atoms with van der Waals surface area (Å²) >= 11 is 0. The van der Waals surface area contributed by atoms with Crippen molar-refractivity contribution in [3.05, 3.63) is 48.5 Å². The summed E-state index contributed by atoms with van der Waals surface area (Å²) in [5, 5.41) is 2.70. The topological polar surface area (TPSA) is 78.5 Å². The van der Waals surface area contributed by atoms with E-state index < -0.39 is 10.0 Å². The van der Waals surface area contributed by atoms with Crippen LogP contribution in [0.2, 0.25) is 0 Å². The predicted molar refractivity (Wildman–Crippen MR) is 104 cm³/mol. The molecule has 3 rings (SSSR count). The second-order valence-corrected chi connectivity index (χ2v) is 7.96. The summed E-state index contributed by atoms with van der Waals surface area (Å²) in [6.07, 6.45) is 2.70. The van der Waals surface area contributed by atoms with E-state index in [4.69, 9.17) is 0 Å². The first-order valence-corrected chi connectivity index (χ1v) is 10.2. The van der Waals surface area contributed by atoms with Crippen LogP contribution >= 0.6 is 0 Å². The molecule has 1 fully saturated rings. The van der Waals surface area contributed by atoms with Crippen LogP contribution in [0, 0.1) is 0 Å². The SMILES string of the molecule is CCC(=O)Nc1ccc(S(=O)(=O)Nc2cccc(N3CCCC3)c2)cc1. The van der Waals surface area contributed by atoms with Gasteiger partial charge in [0.25, 0.3) is 10.0 Å². The lowest BCUT2D eigenvalue weighted by atomic mass is 10.2.